The number of sulfonamides is 1. The summed E-state index contributed by atoms with van der Waals surface area (Å²) in [6.45, 7) is 4.30. The second-order valence-corrected chi connectivity index (χ2v) is 9.50. The summed E-state index contributed by atoms with van der Waals surface area (Å²) in [5.74, 6) is 0.231. The summed E-state index contributed by atoms with van der Waals surface area (Å²) in [7, 11) is -3.61. The van der Waals surface area contributed by atoms with Gasteiger partial charge in [-0.1, -0.05) is 19.9 Å². The first-order valence-electron chi connectivity index (χ1n) is 9.33. The Morgan fingerprint density at radius 1 is 1.17 bits per heavy atom. The van der Waals surface area contributed by atoms with Gasteiger partial charge in [0.15, 0.2) is 0 Å². The molecule has 0 unspecified atom stereocenters. The van der Waals surface area contributed by atoms with E-state index in [2.05, 4.69) is 10.6 Å². The van der Waals surface area contributed by atoms with Crippen LogP contribution in [0, 0.1) is 0 Å². The zero-order valence-corrected chi connectivity index (χ0v) is 17.9. The van der Waals surface area contributed by atoms with Gasteiger partial charge >= 0.3 is 0 Å². The van der Waals surface area contributed by atoms with Crippen LogP contribution in [0.15, 0.2) is 52.3 Å². The smallest absolute Gasteiger partial charge is 0.255 e. The molecule has 0 bridgehead atoms. The molecule has 2 N–H and O–H groups in total. The first-order chi connectivity index (χ1) is 13.8. The van der Waals surface area contributed by atoms with Crippen LogP contribution in [-0.2, 0) is 14.8 Å². The molecule has 0 fully saturated rings. The Morgan fingerprint density at radius 3 is 2.66 bits per heavy atom. The molecule has 2 aromatic carbocycles. The second-order valence-electron chi connectivity index (χ2n) is 6.43. The molecule has 7 nitrogen and oxygen atoms in total. The number of carbonyl (C=O) groups is 2. The zero-order valence-electron chi connectivity index (χ0n) is 16.3. The topological polar surface area (TPSA) is 95.6 Å². The van der Waals surface area contributed by atoms with E-state index in [0.29, 0.717) is 42.2 Å². The van der Waals surface area contributed by atoms with Gasteiger partial charge < -0.3 is 10.6 Å². The van der Waals surface area contributed by atoms with Gasteiger partial charge in [0.05, 0.1) is 10.6 Å². The van der Waals surface area contributed by atoms with Crippen molar-refractivity contribution < 1.29 is 18.0 Å². The summed E-state index contributed by atoms with van der Waals surface area (Å²) in [5, 5.41) is 5.55. The van der Waals surface area contributed by atoms with Gasteiger partial charge in [-0.05, 0) is 36.4 Å². The van der Waals surface area contributed by atoms with Gasteiger partial charge in [0.1, 0.15) is 0 Å². The molecule has 0 saturated heterocycles. The number of carbonyl (C=O) groups excluding carboxylic acids is 2. The third-order valence-electron chi connectivity index (χ3n) is 4.54. The molecular formula is C20H23N3O4S2. The van der Waals surface area contributed by atoms with E-state index in [1.807, 2.05) is 6.07 Å². The molecule has 154 valence electrons. The van der Waals surface area contributed by atoms with Crippen LogP contribution in [0.5, 0.6) is 0 Å². The maximum Gasteiger partial charge on any atom is 0.255 e. The van der Waals surface area contributed by atoms with E-state index in [1.165, 1.54) is 16.4 Å². The lowest BCUT2D eigenvalue weighted by atomic mass is 10.1. The standard InChI is InChI=1S/C20H23N3O4S2/c1-3-23(4-2)29(26,27)16-7-5-6-15(13-16)21-20(25)14-8-9-18-17(12-14)22-19(24)10-11-28-18/h5-9,12-13H,3-4,10-11H2,1-2H3,(H,21,25)(H,22,24). The minimum absolute atomic E-state index is 0.0804. The monoisotopic (exact) mass is 433 g/mol. The van der Waals surface area contributed by atoms with E-state index in [0.717, 1.165) is 4.90 Å². The lowest BCUT2D eigenvalue weighted by molar-refractivity contribution is -0.115. The fraction of sp³-hybridized carbons (Fsp3) is 0.300. The Kier molecular flexibility index (Phi) is 6.61. The number of thioether (sulfide) groups is 1. The lowest BCUT2D eigenvalue weighted by Crippen LogP contribution is -2.30. The highest BCUT2D eigenvalue weighted by Gasteiger charge is 2.22. The highest BCUT2D eigenvalue weighted by molar-refractivity contribution is 7.99. The fourth-order valence-corrected chi connectivity index (χ4v) is 5.45. The molecule has 0 atom stereocenters. The van der Waals surface area contributed by atoms with E-state index < -0.39 is 10.0 Å². The molecule has 0 spiro atoms. The van der Waals surface area contributed by atoms with Gasteiger partial charge in [-0.2, -0.15) is 4.31 Å². The number of hydrogen-bond donors (Lipinski definition) is 2. The Labute approximate surface area is 174 Å². The van der Waals surface area contributed by atoms with E-state index in [-0.39, 0.29) is 16.7 Å². The maximum absolute atomic E-state index is 12.7. The molecule has 0 aliphatic carbocycles. The van der Waals surface area contributed by atoms with Crippen molar-refractivity contribution in [2.24, 2.45) is 0 Å². The Balaban J connectivity index is 1.82. The van der Waals surface area contributed by atoms with Crippen molar-refractivity contribution in [3.05, 3.63) is 48.0 Å². The van der Waals surface area contributed by atoms with Gasteiger partial charge in [-0.25, -0.2) is 8.42 Å². The zero-order chi connectivity index (χ0) is 21.0. The van der Waals surface area contributed by atoms with E-state index in [9.17, 15) is 18.0 Å². The van der Waals surface area contributed by atoms with Crippen LogP contribution in [0.3, 0.4) is 0 Å². The molecule has 0 saturated carbocycles. The van der Waals surface area contributed by atoms with Crippen molar-refractivity contribution in [2.75, 3.05) is 29.5 Å². The van der Waals surface area contributed by atoms with E-state index in [4.69, 9.17) is 0 Å². The van der Waals surface area contributed by atoms with E-state index in [1.54, 1.807) is 49.9 Å². The van der Waals surface area contributed by atoms with Gasteiger partial charge in [0.25, 0.3) is 5.91 Å². The number of nitrogens with one attached hydrogen (secondary N) is 2. The third-order valence-corrected chi connectivity index (χ3v) is 7.66. The predicted octanol–water partition coefficient (Wildman–Crippen LogP) is 3.40. The molecule has 3 rings (SSSR count). The van der Waals surface area contributed by atoms with Crippen LogP contribution in [0.2, 0.25) is 0 Å². The summed E-state index contributed by atoms with van der Waals surface area (Å²) in [6, 6.07) is 11.3. The number of amides is 2. The molecular weight excluding hydrogens is 410 g/mol. The van der Waals surface area contributed by atoms with Crippen LogP contribution >= 0.6 is 11.8 Å². The quantitative estimate of drug-likeness (QED) is 0.728. The first-order valence-corrected chi connectivity index (χ1v) is 11.8. The molecule has 1 aliphatic rings. The molecule has 9 heteroatoms. The van der Waals surface area contributed by atoms with Crippen molar-refractivity contribution in [1.29, 1.82) is 0 Å². The van der Waals surface area contributed by atoms with Gasteiger partial charge in [0.2, 0.25) is 15.9 Å². The average Bonchev–Trinajstić information content (AvgIpc) is 2.88. The minimum Gasteiger partial charge on any atom is -0.325 e. The largest absolute Gasteiger partial charge is 0.325 e. The normalized spacial score (nSPS) is 14.1. The number of rotatable bonds is 6. The predicted molar refractivity (Wildman–Crippen MR) is 115 cm³/mol. The van der Waals surface area contributed by atoms with E-state index >= 15 is 0 Å². The summed E-state index contributed by atoms with van der Waals surface area (Å²) in [4.78, 5) is 25.5. The van der Waals surface area contributed by atoms with Crippen molar-refractivity contribution in [1.82, 2.24) is 4.31 Å². The number of anilines is 2. The molecule has 1 aliphatic heterocycles. The van der Waals surface area contributed by atoms with Crippen LogP contribution in [0.25, 0.3) is 0 Å². The molecule has 2 aromatic rings. The molecule has 0 radical (unpaired) electrons. The summed E-state index contributed by atoms with van der Waals surface area (Å²) in [6.07, 6.45) is 0.425. The van der Waals surface area contributed by atoms with Crippen molar-refractivity contribution in [2.45, 2.75) is 30.1 Å². The number of nitrogens with zero attached hydrogens (tertiary/aromatic N) is 1. The highest BCUT2D eigenvalue weighted by Crippen LogP contribution is 2.31. The number of fused-ring (bicyclic) bond motifs is 1. The van der Waals surface area contributed by atoms with Crippen molar-refractivity contribution >= 4 is 45.0 Å². The molecule has 2 amide bonds. The third kappa shape index (κ3) is 4.80. The second kappa shape index (κ2) is 8.98. The van der Waals surface area contributed by atoms with Crippen LogP contribution in [0.1, 0.15) is 30.6 Å². The molecule has 29 heavy (non-hydrogen) atoms. The van der Waals surface area contributed by atoms with Crippen molar-refractivity contribution in [3.8, 4) is 0 Å². The van der Waals surface area contributed by atoms with Crippen LogP contribution in [-0.4, -0.2) is 43.4 Å². The molecule has 0 aromatic heterocycles. The number of benzene rings is 2. The maximum atomic E-state index is 12.7. The summed E-state index contributed by atoms with van der Waals surface area (Å²) < 4.78 is 26.8. The van der Waals surface area contributed by atoms with Gasteiger partial charge in [0, 0.05) is 41.4 Å². The SMILES string of the molecule is CCN(CC)S(=O)(=O)c1cccc(NC(=O)c2ccc3c(c2)NC(=O)CCS3)c1. The lowest BCUT2D eigenvalue weighted by Gasteiger charge is -2.19. The average molecular weight is 434 g/mol. The van der Waals surface area contributed by atoms with Crippen LogP contribution in [0.4, 0.5) is 11.4 Å². The van der Waals surface area contributed by atoms with Crippen molar-refractivity contribution in [3.63, 3.8) is 0 Å². The van der Waals surface area contributed by atoms with Gasteiger partial charge in [-0.3, -0.25) is 9.59 Å². The summed E-state index contributed by atoms with van der Waals surface area (Å²) >= 11 is 1.56. The molecule has 1 heterocycles. The first kappa shape index (κ1) is 21.4. The highest BCUT2D eigenvalue weighted by atomic mass is 32.2. The minimum atomic E-state index is -3.61. The summed E-state index contributed by atoms with van der Waals surface area (Å²) in [5.41, 5.74) is 1.38. The fourth-order valence-electron chi connectivity index (χ4n) is 3.01. The Morgan fingerprint density at radius 2 is 1.93 bits per heavy atom. The van der Waals surface area contributed by atoms with Crippen LogP contribution < -0.4 is 10.6 Å². The van der Waals surface area contributed by atoms with Gasteiger partial charge in [-0.15, -0.1) is 11.8 Å². The Bertz CT molecular complexity index is 1030. The number of hydrogen-bond acceptors (Lipinski definition) is 5. The Hall–Kier alpha value is -2.36.